The van der Waals surface area contributed by atoms with Gasteiger partial charge >= 0.3 is 5.97 Å². The summed E-state index contributed by atoms with van der Waals surface area (Å²) in [7, 11) is 1.58. The Morgan fingerprint density at radius 3 is 2.52 bits per heavy atom. The molecule has 0 radical (unpaired) electrons. The Kier molecular flexibility index (Phi) is 6.05. The molecule has 2 aromatic rings. The van der Waals surface area contributed by atoms with Gasteiger partial charge in [0, 0.05) is 10.5 Å². The third kappa shape index (κ3) is 4.50. The lowest BCUT2D eigenvalue weighted by Crippen LogP contribution is -2.15. The van der Waals surface area contributed by atoms with E-state index in [2.05, 4.69) is 5.16 Å². The number of amidine groups is 1. The third-order valence-electron chi connectivity index (χ3n) is 3.02. The Morgan fingerprint density at radius 1 is 1.17 bits per heavy atom. The number of nitrogens with two attached hydrogens (primary N) is 1. The van der Waals surface area contributed by atoms with E-state index in [0.29, 0.717) is 16.9 Å². The number of hydrogen-bond donors (Lipinski definition) is 1. The van der Waals surface area contributed by atoms with Crippen LogP contribution in [0.15, 0.2) is 58.6 Å². The molecule has 0 spiro atoms. The number of methoxy groups -OCH3 is 1. The maximum absolute atomic E-state index is 12.2. The van der Waals surface area contributed by atoms with Crippen molar-refractivity contribution >= 4 is 23.6 Å². The van der Waals surface area contributed by atoms with Crippen molar-refractivity contribution in [3.8, 4) is 5.75 Å². The minimum Gasteiger partial charge on any atom is -0.497 e. The molecule has 5 nitrogen and oxygen atoms in total. The molecule has 0 aliphatic heterocycles. The van der Waals surface area contributed by atoms with Crippen molar-refractivity contribution < 1.29 is 14.4 Å². The van der Waals surface area contributed by atoms with Crippen molar-refractivity contribution in [3.63, 3.8) is 0 Å². The smallest absolute Gasteiger partial charge is 0.366 e. The van der Waals surface area contributed by atoms with Crippen LogP contribution in [0.2, 0.25) is 0 Å². The number of carbonyl (C=O) groups excluding carboxylic acids is 1. The number of benzene rings is 2. The van der Waals surface area contributed by atoms with Crippen molar-refractivity contribution in [1.82, 2.24) is 0 Å². The molecule has 23 heavy (non-hydrogen) atoms. The van der Waals surface area contributed by atoms with Crippen LogP contribution in [0.5, 0.6) is 5.75 Å². The zero-order chi connectivity index (χ0) is 16.7. The van der Waals surface area contributed by atoms with Crippen LogP contribution in [0.1, 0.15) is 22.8 Å². The monoisotopic (exact) mass is 330 g/mol. The van der Waals surface area contributed by atoms with E-state index in [9.17, 15) is 4.79 Å². The van der Waals surface area contributed by atoms with Crippen molar-refractivity contribution in [2.75, 3.05) is 12.9 Å². The first-order valence-electron chi connectivity index (χ1n) is 7.06. The molecule has 0 saturated heterocycles. The maximum Gasteiger partial charge on any atom is 0.366 e. The lowest BCUT2D eigenvalue weighted by Gasteiger charge is -2.06. The van der Waals surface area contributed by atoms with Crippen LogP contribution < -0.4 is 10.5 Å². The fourth-order valence-electron chi connectivity index (χ4n) is 1.87. The normalized spacial score (nSPS) is 11.1. The quantitative estimate of drug-likeness (QED) is 0.289. The van der Waals surface area contributed by atoms with Gasteiger partial charge in [-0.2, -0.15) is 0 Å². The fraction of sp³-hybridized carbons (Fsp3) is 0.176. The van der Waals surface area contributed by atoms with Gasteiger partial charge in [0.1, 0.15) is 5.75 Å². The second kappa shape index (κ2) is 8.24. The van der Waals surface area contributed by atoms with Crippen LogP contribution in [0.4, 0.5) is 0 Å². The first-order chi connectivity index (χ1) is 11.2. The highest BCUT2D eigenvalue weighted by atomic mass is 32.2. The molecule has 0 fully saturated rings. The Hall–Kier alpha value is -2.47. The van der Waals surface area contributed by atoms with Crippen LogP contribution in [-0.2, 0) is 4.84 Å². The molecule has 2 rings (SSSR count). The van der Waals surface area contributed by atoms with E-state index in [1.165, 1.54) is 0 Å². The average Bonchev–Trinajstić information content (AvgIpc) is 2.60. The Labute approximate surface area is 139 Å². The summed E-state index contributed by atoms with van der Waals surface area (Å²) in [6.07, 6.45) is 0. The summed E-state index contributed by atoms with van der Waals surface area (Å²) in [5.41, 5.74) is 6.96. The van der Waals surface area contributed by atoms with E-state index >= 15 is 0 Å². The number of oxime groups is 1. The molecule has 0 saturated carbocycles. The van der Waals surface area contributed by atoms with E-state index in [0.717, 1.165) is 10.6 Å². The number of hydrogen-bond acceptors (Lipinski definition) is 5. The van der Waals surface area contributed by atoms with Crippen molar-refractivity contribution in [2.24, 2.45) is 10.9 Å². The number of ether oxygens (including phenoxy) is 1. The molecule has 6 heteroatoms. The van der Waals surface area contributed by atoms with Crippen LogP contribution in [0, 0.1) is 0 Å². The van der Waals surface area contributed by atoms with E-state index in [1.807, 2.05) is 19.1 Å². The topological polar surface area (TPSA) is 73.9 Å². The third-order valence-corrected chi connectivity index (χ3v) is 3.98. The SMILES string of the molecule is CCSc1ccccc1C(=O)O/N=C(/N)c1ccc(OC)cc1. The van der Waals surface area contributed by atoms with E-state index in [4.69, 9.17) is 15.3 Å². The number of rotatable bonds is 6. The van der Waals surface area contributed by atoms with Crippen molar-refractivity contribution in [2.45, 2.75) is 11.8 Å². The largest absolute Gasteiger partial charge is 0.497 e. The van der Waals surface area contributed by atoms with Gasteiger partial charge in [-0.05, 0) is 42.2 Å². The summed E-state index contributed by atoms with van der Waals surface area (Å²) in [6.45, 7) is 2.02. The summed E-state index contributed by atoms with van der Waals surface area (Å²) in [5.74, 6) is 1.17. The zero-order valence-corrected chi connectivity index (χ0v) is 13.8. The van der Waals surface area contributed by atoms with Crippen molar-refractivity contribution in [3.05, 3.63) is 59.7 Å². The van der Waals surface area contributed by atoms with E-state index < -0.39 is 5.97 Å². The van der Waals surface area contributed by atoms with Gasteiger partial charge in [-0.25, -0.2) is 4.79 Å². The number of thioether (sulfide) groups is 1. The summed E-state index contributed by atoms with van der Waals surface area (Å²) >= 11 is 1.57. The van der Waals surface area contributed by atoms with Gasteiger partial charge in [-0.1, -0.05) is 24.2 Å². The summed E-state index contributed by atoms with van der Waals surface area (Å²) in [4.78, 5) is 18.0. The summed E-state index contributed by atoms with van der Waals surface area (Å²) < 4.78 is 5.07. The number of carbonyl (C=O) groups is 1. The summed E-state index contributed by atoms with van der Waals surface area (Å²) in [6, 6.07) is 14.2. The molecule has 2 N–H and O–H groups in total. The van der Waals surface area contributed by atoms with E-state index in [-0.39, 0.29) is 5.84 Å². The molecule has 0 unspecified atom stereocenters. The standard InChI is InChI=1S/C17H18N2O3S/c1-3-23-15-7-5-4-6-14(15)17(20)22-19-16(18)12-8-10-13(21-2)11-9-12/h4-11H,3H2,1-2H3,(H2,18,19). The molecule has 0 amide bonds. The lowest BCUT2D eigenvalue weighted by molar-refractivity contribution is 0.0512. The van der Waals surface area contributed by atoms with Crippen LogP contribution in [0.25, 0.3) is 0 Å². The average molecular weight is 330 g/mol. The van der Waals surface area contributed by atoms with Gasteiger partial charge in [-0.3, -0.25) is 0 Å². The molecular formula is C17H18N2O3S. The highest BCUT2D eigenvalue weighted by Crippen LogP contribution is 2.23. The number of nitrogens with zero attached hydrogens (tertiary/aromatic N) is 1. The minimum absolute atomic E-state index is 0.127. The van der Waals surface area contributed by atoms with Gasteiger partial charge in [0.15, 0.2) is 5.84 Å². The fourth-order valence-corrected chi connectivity index (χ4v) is 2.66. The van der Waals surface area contributed by atoms with Crippen molar-refractivity contribution in [1.29, 1.82) is 0 Å². The molecule has 0 atom stereocenters. The molecule has 0 heterocycles. The molecule has 0 aliphatic carbocycles. The van der Waals surface area contributed by atoms with Gasteiger partial charge in [-0.15, -0.1) is 11.8 Å². The predicted molar refractivity (Wildman–Crippen MR) is 92.0 cm³/mol. The highest BCUT2D eigenvalue weighted by molar-refractivity contribution is 7.99. The predicted octanol–water partition coefficient (Wildman–Crippen LogP) is 3.28. The molecule has 120 valence electrons. The minimum atomic E-state index is -0.530. The molecular weight excluding hydrogens is 312 g/mol. The highest BCUT2D eigenvalue weighted by Gasteiger charge is 2.13. The molecule has 2 aromatic carbocycles. The second-order valence-corrected chi connectivity index (χ2v) is 5.82. The summed E-state index contributed by atoms with van der Waals surface area (Å²) in [5, 5.41) is 3.72. The van der Waals surface area contributed by atoms with Crippen LogP contribution >= 0.6 is 11.8 Å². The Balaban J connectivity index is 2.10. The molecule has 0 aromatic heterocycles. The van der Waals surface area contributed by atoms with Gasteiger partial charge in [0.2, 0.25) is 0 Å². The Morgan fingerprint density at radius 2 is 1.87 bits per heavy atom. The maximum atomic E-state index is 12.2. The van der Waals surface area contributed by atoms with E-state index in [1.54, 1.807) is 55.3 Å². The first kappa shape index (κ1) is 16.9. The van der Waals surface area contributed by atoms with Crippen LogP contribution in [0.3, 0.4) is 0 Å². The van der Waals surface area contributed by atoms with Gasteiger partial charge < -0.3 is 15.3 Å². The van der Waals surface area contributed by atoms with Crippen LogP contribution in [-0.4, -0.2) is 24.7 Å². The van der Waals surface area contributed by atoms with Gasteiger partial charge in [0.25, 0.3) is 0 Å². The molecule has 0 bridgehead atoms. The first-order valence-corrected chi connectivity index (χ1v) is 8.05. The Bertz CT molecular complexity index is 699. The zero-order valence-electron chi connectivity index (χ0n) is 13.0. The van der Waals surface area contributed by atoms with Gasteiger partial charge in [0.05, 0.1) is 12.7 Å². The second-order valence-electron chi connectivity index (χ2n) is 4.51. The molecule has 0 aliphatic rings. The lowest BCUT2D eigenvalue weighted by atomic mass is 10.2.